The normalized spacial score (nSPS) is 23.9. The van der Waals surface area contributed by atoms with Crippen LogP contribution in [0.3, 0.4) is 0 Å². The molecule has 0 spiro atoms. The highest BCUT2D eigenvalue weighted by Gasteiger charge is 2.32. The van der Waals surface area contributed by atoms with Gasteiger partial charge in [-0.3, -0.25) is 4.79 Å². The Morgan fingerprint density at radius 3 is 2.47 bits per heavy atom. The first-order valence-electron chi connectivity index (χ1n) is 7.42. The van der Waals surface area contributed by atoms with E-state index in [0.717, 1.165) is 25.8 Å². The van der Waals surface area contributed by atoms with E-state index < -0.39 is 0 Å². The summed E-state index contributed by atoms with van der Waals surface area (Å²) in [6.07, 6.45) is 5.32. The molecule has 1 atom stereocenters. The molecule has 1 unspecified atom stereocenters. The fraction of sp³-hybridized carbons (Fsp3) is 0.857. The van der Waals surface area contributed by atoms with Gasteiger partial charge in [0, 0.05) is 31.1 Å². The van der Waals surface area contributed by atoms with Gasteiger partial charge in [0.05, 0.1) is 0 Å². The minimum atomic E-state index is -0.129. The molecule has 2 fully saturated rings. The standard InChI is InChI=1S/C14H25N3O2/c1-10(2)15-14(19)16-12-7-8-17(9-12)13(18)11-5-3-4-6-11/h10-12H,3-9H2,1-2H3,(H2,15,16,19). The van der Waals surface area contributed by atoms with Gasteiger partial charge in [-0.05, 0) is 33.1 Å². The number of nitrogens with one attached hydrogen (secondary N) is 2. The van der Waals surface area contributed by atoms with E-state index in [0.29, 0.717) is 12.5 Å². The highest BCUT2D eigenvalue weighted by molar-refractivity contribution is 5.80. The second kappa shape index (κ2) is 6.26. The van der Waals surface area contributed by atoms with Gasteiger partial charge in [0.25, 0.3) is 0 Å². The summed E-state index contributed by atoms with van der Waals surface area (Å²) in [5.41, 5.74) is 0. The molecule has 2 N–H and O–H groups in total. The van der Waals surface area contributed by atoms with Crippen molar-refractivity contribution >= 4 is 11.9 Å². The van der Waals surface area contributed by atoms with Crippen molar-refractivity contribution in [2.45, 2.75) is 58.0 Å². The van der Waals surface area contributed by atoms with Crippen molar-refractivity contribution < 1.29 is 9.59 Å². The third-order valence-corrected chi connectivity index (χ3v) is 3.96. The third-order valence-electron chi connectivity index (χ3n) is 3.96. The molecule has 0 aromatic rings. The van der Waals surface area contributed by atoms with Gasteiger partial charge in [-0.25, -0.2) is 4.79 Å². The van der Waals surface area contributed by atoms with Crippen LogP contribution in [0.15, 0.2) is 0 Å². The Hall–Kier alpha value is -1.26. The van der Waals surface area contributed by atoms with Gasteiger partial charge in [-0.2, -0.15) is 0 Å². The lowest BCUT2D eigenvalue weighted by Crippen LogP contribution is -2.46. The Labute approximate surface area is 115 Å². The molecular weight excluding hydrogens is 242 g/mol. The van der Waals surface area contributed by atoms with Crippen molar-refractivity contribution in [3.63, 3.8) is 0 Å². The average molecular weight is 267 g/mol. The summed E-state index contributed by atoms with van der Waals surface area (Å²) in [7, 11) is 0. The molecular formula is C14H25N3O2. The SMILES string of the molecule is CC(C)NC(=O)NC1CCN(C(=O)C2CCCC2)C1. The zero-order valence-corrected chi connectivity index (χ0v) is 11.9. The molecule has 0 radical (unpaired) electrons. The molecule has 0 bridgehead atoms. The van der Waals surface area contributed by atoms with Crippen LogP contribution in [0.5, 0.6) is 0 Å². The molecule has 0 aromatic carbocycles. The number of carbonyl (C=O) groups is 2. The topological polar surface area (TPSA) is 61.4 Å². The number of hydrogen-bond donors (Lipinski definition) is 2. The van der Waals surface area contributed by atoms with Crippen LogP contribution in [0.25, 0.3) is 0 Å². The summed E-state index contributed by atoms with van der Waals surface area (Å²) in [5, 5.41) is 5.76. The molecule has 1 aliphatic carbocycles. The van der Waals surface area contributed by atoms with Gasteiger partial charge >= 0.3 is 6.03 Å². The lowest BCUT2D eigenvalue weighted by atomic mass is 10.1. The quantitative estimate of drug-likeness (QED) is 0.813. The van der Waals surface area contributed by atoms with Crippen LogP contribution >= 0.6 is 0 Å². The lowest BCUT2D eigenvalue weighted by molar-refractivity contribution is -0.134. The van der Waals surface area contributed by atoms with E-state index in [4.69, 9.17) is 0 Å². The van der Waals surface area contributed by atoms with Crippen LogP contribution in [0.1, 0.15) is 46.0 Å². The molecule has 1 aliphatic heterocycles. The maximum atomic E-state index is 12.3. The van der Waals surface area contributed by atoms with E-state index in [1.165, 1.54) is 12.8 Å². The maximum Gasteiger partial charge on any atom is 0.315 e. The number of carbonyl (C=O) groups excluding carboxylic acids is 2. The second-order valence-corrected chi connectivity index (χ2v) is 6.02. The van der Waals surface area contributed by atoms with E-state index in [9.17, 15) is 9.59 Å². The van der Waals surface area contributed by atoms with Gasteiger partial charge in [0.2, 0.25) is 5.91 Å². The summed E-state index contributed by atoms with van der Waals surface area (Å²) in [6, 6.07) is 0.108. The van der Waals surface area contributed by atoms with Gasteiger partial charge < -0.3 is 15.5 Å². The van der Waals surface area contributed by atoms with Gasteiger partial charge in [-0.1, -0.05) is 12.8 Å². The molecule has 5 heteroatoms. The zero-order chi connectivity index (χ0) is 13.8. The summed E-state index contributed by atoms with van der Waals surface area (Å²) >= 11 is 0. The molecule has 108 valence electrons. The molecule has 2 rings (SSSR count). The van der Waals surface area contributed by atoms with Crippen molar-refractivity contribution in [2.75, 3.05) is 13.1 Å². The number of amides is 3. The number of hydrogen-bond acceptors (Lipinski definition) is 2. The molecule has 5 nitrogen and oxygen atoms in total. The van der Waals surface area contributed by atoms with E-state index in [2.05, 4.69) is 10.6 Å². The first-order chi connectivity index (χ1) is 9.06. The zero-order valence-electron chi connectivity index (χ0n) is 11.9. The Morgan fingerprint density at radius 1 is 1.16 bits per heavy atom. The molecule has 1 saturated carbocycles. The Balaban J connectivity index is 1.76. The fourth-order valence-electron chi connectivity index (χ4n) is 3.00. The van der Waals surface area contributed by atoms with Crippen molar-refractivity contribution in [1.29, 1.82) is 0 Å². The smallest absolute Gasteiger partial charge is 0.315 e. The highest BCUT2D eigenvalue weighted by atomic mass is 16.2. The van der Waals surface area contributed by atoms with E-state index >= 15 is 0 Å². The Morgan fingerprint density at radius 2 is 1.84 bits per heavy atom. The van der Waals surface area contributed by atoms with Crippen LogP contribution < -0.4 is 10.6 Å². The first-order valence-corrected chi connectivity index (χ1v) is 7.42. The first kappa shape index (κ1) is 14.2. The van der Waals surface area contributed by atoms with Crippen LogP contribution in [-0.2, 0) is 4.79 Å². The molecule has 0 aromatic heterocycles. The molecule has 3 amide bonds. The molecule has 1 saturated heterocycles. The molecule has 19 heavy (non-hydrogen) atoms. The van der Waals surface area contributed by atoms with Gasteiger partial charge in [0.15, 0.2) is 0 Å². The predicted octanol–water partition coefficient (Wildman–Crippen LogP) is 1.49. The van der Waals surface area contributed by atoms with Crippen molar-refractivity contribution in [3.8, 4) is 0 Å². The third kappa shape index (κ3) is 3.85. The van der Waals surface area contributed by atoms with Crippen molar-refractivity contribution in [3.05, 3.63) is 0 Å². The van der Waals surface area contributed by atoms with Crippen LogP contribution in [-0.4, -0.2) is 42.0 Å². The minimum absolute atomic E-state index is 0.101. The monoisotopic (exact) mass is 267 g/mol. The number of urea groups is 1. The average Bonchev–Trinajstić information content (AvgIpc) is 2.96. The van der Waals surface area contributed by atoms with Crippen LogP contribution in [0.2, 0.25) is 0 Å². The second-order valence-electron chi connectivity index (χ2n) is 6.02. The summed E-state index contributed by atoms with van der Waals surface area (Å²) in [5.74, 6) is 0.536. The number of likely N-dealkylation sites (tertiary alicyclic amines) is 1. The fourth-order valence-corrected chi connectivity index (χ4v) is 3.00. The van der Waals surface area contributed by atoms with Crippen LogP contribution in [0, 0.1) is 5.92 Å². The van der Waals surface area contributed by atoms with E-state index in [1.54, 1.807) is 0 Å². The number of nitrogens with zero attached hydrogens (tertiary/aromatic N) is 1. The summed E-state index contributed by atoms with van der Waals surface area (Å²) < 4.78 is 0. The van der Waals surface area contributed by atoms with Crippen molar-refractivity contribution in [2.24, 2.45) is 5.92 Å². The van der Waals surface area contributed by atoms with E-state index in [1.807, 2.05) is 18.7 Å². The predicted molar refractivity (Wildman–Crippen MR) is 73.7 cm³/mol. The highest BCUT2D eigenvalue weighted by Crippen LogP contribution is 2.27. The maximum absolute atomic E-state index is 12.3. The van der Waals surface area contributed by atoms with Gasteiger partial charge in [-0.15, -0.1) is 0 Å². The van der Waals surface area contributed by atoms with Gasteiger partial charge in [0.1, 0.15) is 0 Å². The molecule has 1 heterocycles. The number of rotatable bonds is 3. The minimum Gasteiger partial charge on any atom is -0.340 e. The van der Waals surface area contributed by atoms with E-state index in [-0.39, 0.29) is 24.0 Å². The lowest BCUT2D eigenvalue weighted by Gasteiger charge is -2.21. The summed E-state index contributed by atoms with van der Waals surface area (Å²) in [6.45, 7) is 5.32. The Kier molecular flexibility index (Phi) is 4.66. The largest absolute Gasteiger partial charge is 0.340 e. The summed E-state index contributed by atoms with van der Waals surface area (Å²) in [4.78, 5) is 25.8. The molecule has 2 aliphatic rings. The Bertz CT molecular complexity index is 338. The van der Waals surface area contributed by atoms with Crippen LogP contribution in [0.4, 0.5) is 4.79 Å². The van der Waals surface area contributed by atoms with Crippen molar-refractivity contribution in [1.82, 2.24) is 15.5 Å².